The Morgan fingerprint density at radius 2 is 2.40 bits per heavy atom. The molecule has 2 aromatic heterocycles. The van der Waals surface area contributed by atoms with Crippen LogP contribution in [0.5, 0.6) is 0 Å². The summed E-state index contributed by atoms with van der Waals surface area (Å²) in [5, 5.41) is 0. The number of oxazole rings is 1. The van der Waals surface area contributed by atoms with Crippen molar-refractivity contribution in [2.45, 2.75) is 32.7 Å². The molecule has 3 heterocycles. The number of imidazole rings is 1. The first-order chi connectivity index (χ1) is 7.25. The van der Waals surface area contributed by atoms with Gasteiger partial charge in [-0.2, -0.15) is 0 Å². The maximum Gasteiger partial charge on any atom is 0.191 e. The van der Waals surface area contributed by atoms with Gasteiger partial charge in [0.15, 0.2) is 5.89 Å². The summed E-state index contributed by atoms with van der Waals surface area (Å²) in [6.45, 7) is 4.96. The lowest BCUT2D eigenvalue weighted by Crippen LogP contribution is -2.05. The normalized spacial score (nSPS) is 19.5. The van der Waals surface area contributed by atoms with Gasteiger partial charge in [-0.3, -0.25) is 0 Å². The molecule has 0 fully saturated rings. The third kappa shape index (κ3) is 1.21. The van der Waals surface area contributed by atoms with Crippen LogP contribution >= 0.6 is 0 Å². The van der Waals surface area contributed by atoms with Crippen molar-refractivity contribution < 1.29 is 4.42 Å². The third-order valence-corrected chi connectivity index (χ3v) is 2.96. The van der Waals surface area contributed by atoms with Gasteiger partial charge >= 0.3 is 0 Å². The number of aromatic nitrogens is 3. The highest BCUT2D eigenvalue weighted by molar-refractivity contribution is 5.24. The molecule has 0 radical (unpaired) electrons. The minimum Gasteiger partial charge on any atom is -0.446 e. The number of nitrogens with zero attached hydrogens (tertiary/aromatic N) is 3. The zero-order valence-electron chi connectivity index (χ0n) is 8.90. The average molecular weight is 203 g/mol. The van der Waals surface area contributed by atoms with Gasteiger partial charge in [0, 0.05) is 32.3 Å². The van der Waals surface area contributed by atoms with Crippen LogP contribution in [0.15, 0.2) is 16.8 Å². The van der Waals surface area contributed by atoms with Gasteiger partial charge in [0.05, 0.1) is 11.6 Å². The van der Waals surface area contributed by atoms with Crippen LogP contribution in [-0.4, -0.2) is 14.5 Å². The summed E-state index contributed by atoms with van der Waals surface area (Å²) >= 11 is 0. The van der Waals surface area contributed by atoms with E-state index in [1.54, 1.807) is 0 Å². The van der Waals surface area contributed by atoms with Crippen molar-refractivity contribution in [1.29, 1.82) is 0 Å². The smallest absolute Gasteiger partial charge is 0.191 e. The molecule has 0 aliphatic carbocycles. The van der Waals surface area contributed by atoms with Crippen molar-refractivity contribution in [2.75, 3.05) is 0 Å². The van der Waals surface area contributed by atoms with E-state index >= 15 is 0 Å². The van der Waals surface area contributed by atoms with E-state index < -0.39 is 0 Å². The van der Waals surface area contributed by atoms with E-state index in [2.05, 4.69) is 21.5 Å². The van der Waals surface area contributed by atoms with Crippen molar-refractivity contribution in [3.63, 3.8) is 0 Å². The lowest BCUT2D eigenvalue weighted by Gasteiger charge is -2.07. The molecule has 0 saturated carbocycles. The first-order valence-electron chi connectivity index (χ1n) is 5.23. The second-order valence-electron chi connectivity index (χ2n) is 3.99. The topological polar surface area (TPSA) is 43.9 Å². The molecule has 0 N–H and O–H groups in total. The average Bonchev–Trinajstić information content (AvgIpc) is 2.77. The second kappa shape index (κ2) is 2.95. The van der Waals surface area contributed by atoms with E-state index in [0.717, 1.165) is 36.1 Å². The fraction of sp³-hybridized carbons (Fsp3) is 0.455. The van der Waals surface area contributed by atoms with Gasteiger partial charge in [-0.1, -0.05) is 0 Å². The van der Waals surface area contributed by atoms with Gasteiger partial charge in [0.25, 0.3) is 0 Å². The van der Waals surface area contributed by atoms with Crippen LogP contribution < -0.4 is 0 Å². The lowest BCUT2D eigenvalue weighted by atomic mass is 10.1. The lowest BCUT2D eigenvalue weighted by molar-refractivity contribution is 0.463. The van der Waals surface area contributed by atoms with E-state index in [1.807, 2.05) is 19.3 Å². The van der Waals surface area contributed by atoms with Gasteiger partial charge in [-0.15, -0.1) is 0 Å². The zero-order valence-corrected chi connectivity index (χ0v) is 8.90. The summed E-state index contributed by atoms with van der Waals surface area (Å²) in [5.41, 5.74) is 1.05. The molecule has 3 rings (SSSR count). The summed E-state index contributed by atoms with van der Waals surface area (Å²) in [5.74, 6) is 3.09. The summed E-state index contributed by atoms with van der Waals surface area (Å²) in [6.07, 6.45) is 4.78. The maximum atomic E-state index is 5.60. The number of hydrogen-bond donors (Lipinski definition) is 0. The van der Waals surface area contributed by atoms with E-state index in [1.165, 1.54) is 0 Å². The summed E-state index contributed by atoms with van der Waals surface area (Å²) in [4.78, 5) is 8.84. The Kier molecular flexibility index (Phi) is 1.71. The van der Waals surface area contributed by atoms with Crippen LogP contribution in [0.1, 0.15) is 36.0 Å². The second-order valence-corrected chi connectivity index (χ2v) is 3.99. The van der Waals surface area contributed by atoms with Crippen LogP contribution in [-0.2, 0) is 13.0 Å². The van der Waals surface area contributed by atoms with Crippen LogP contribution in [0.2, 0.25) is 0 Å². The fourth-order valence-corrected chi connectivity index (χ4v) is 2.24. The predicted molar refractivity (Wildman–Crippen MR) is 54.7 cm³/mol. The molecule has 4 heteroatoms. The van der Waals surface area contributed by atoms with Crippen LogP contribution in [0, 0.1) is 6.92 Å². The molecular weight excluding hydrogens is 190 g/mol. The Labute approximate surface area is 88.0 Å². The predicted octanol–water partition coefficient (Wildman–Crippen LogP) is 1.89. The molecule has 0 amide bonds. The SMILES string of the molecule is Cc1nc2c(o1)CCn1ccnc1C2C. The Morgan fingerprint density at radius 1 is 1.53 bits per heavy atom. The van der Waals surface area contributed by atoms with Gasteiger partial charge in [-0.25, -0.2) is 9.97 Å². The molecule has 78 valence electrons. The summed E-state index contributed by atoms with van der Waals surface area (Å²) in [7, 11) is 0. The molecule has 0 aromatic carbocycles. The van der Waals surface area contributed by atoms with Gasteiger partial charge in [0.1, 0.15) is 11.6 Å². The molecule has 0 saturated heterocycles. The highest BCUT2D eigenvalue weighted by Crippen LogP contribution is 2.29. The van der Waals surface area contributed by atoms with Crippen LogP contribution in [0.3, 0.4) is 0 Å². The number of hydrogen-bond acceptors (Lipinski definition) is 3. The molecule has 0 spiro atoms. The largest absolute Gasteiger partial charge is 0.446 e. The zero-order chi connectivity index (χ0) is 10.4. The maximum absolute atomic E-state index is 5.60. The summed E-state index contributed by atoms with van der Waals surface area (Å²) in [6, 6.07) is 0. The van der Waals surface area contributed by atoms with Crippen molar-refractivity contribution in [2.24, 2.45) is 0 Å². The Hall–Kier alpha value is -1.58. The molecule has 0 bridgehead atoms. The number of fused-ring (bicyclic) bond motifs is 2. The molecular formula is C11H13N3O. The van der Waals surface area contributed by atoms with Crippen LogP contribution in [0.4, 0.5) is 0 Å². The Morgan fingerprint density at radius 3 is 3.27 bits per heavy atom. The molecule has 1 atom stereocenters. The minimum absolute atomic E-state index is 0.231. The van der Waals surface area contributed by atoms with E-state index in [0.29, 0.717) is 0 Å². The first-order valence-corrected chi connectivity index (χ1v) is 5.23. The molecule has 1 aliphatic heterocycles. The molecule has 4 nitrogen and oxygen atoms in total. The highest BCUT2D eigenvalue weighted by atomic mass is 16.4. The van der Waals surface area contributed by atoms with Crippen molar-refractivity contribution in [3.8, 4) is 0 Å². The molecule has 2 aromatic rings. The Bertz CT molecular complexity index is 498. The van der Waals surface area contributed by atoms with Crippen molar-refractivity contribution in [1.82, 2.24) is 14.5 Å². The van der Waals surface area contributed by atoms with E-state index in [-0.39, 0.29) is 5.92 Å². The van der Waals surface area contributed by atoms with E-state index in [9.17, 15) is 0 Å². The van der Waals surface area contributed by atoms with Crippen LogP contribution in [0.25, 0.3) is 0 Å². The standard InChI is InChI=1S/C11H13N3O/c1-7-10-9(15-8(2)13-10)3-5-14-6-4-12-11(7)14/h4,6-7H,3,5H2,1-2H3. The first kappa shape index (κ1) is 8.71. The van der Waals surface area contributed by atoms with Gasteiger partial charge < -0.3 is 8.98 Å². The van der Waals surface area contributed by atoms with Crippen molar-refractivity contribution in [3.05, 3.63) is 35.6 Å². The fourth-order valence-electron chi connectivity index (χ4n) is 2.24. The quantitative estimate of drug-likeness (QED) is 0.656. The Balaban J connectivity index is 2.16. The monoisotopic (exact) mass is 203 g/mol. The molecule has 1 aliphatic rings. The molecule has 1 unspecified atom stereocenters. The van der Waals surface area contributed by atoms with Gasteiger partial charge in [0.2, 0.25) is 0 Å². The summed E-state index contributed by atoms with van der Waals surface area (Å²) < 4.78 is 7.78. The van der Waals surface area contributed by atoms with Crippen molar-refractivity contribution >= 4 is 0 Å². The number of aryl methyl sites for hydroxylation is 3. The number of rotatable bonds is 0. The third-order valence-electron chi connectivity index (χ3n) is 2.96. The highest BCUT2D eigenvalue weighted by Gasteiger charge is 2.25. The molecule has 15 heavy (non-hydrogen) atoms. The van der Waals surface area contributed by atoms with Gasteiger partial charge in [-0.05, 0) is 6.92 Å². The minimum atomic E-state index is 0.231. The van der Waals surface area contributed by atoms with E-state index in [4.69, 9.17) is 4.42 Å².